The molecule has 7 heteroatoms. The van der Waals surface area contributed by atoms with Gasteiger partial charge in [-0.25, -0.2) is 0 Å². The lowest BCUT2D eigenvalue weighted by Crippen LogP contribution is -2.19. The third-order valence-corrected chi connectivity index (χ3v) is 5.54. The molecule has 4 atom stereocenters. The summed E-state index contributed by atoms with van der Waals surface area (Å²) >= 11 is 0. The van der Waals surface area contributed by atoms with E-state index in [-0.39, 0.29) is 18.4 Å². The number of hydrogen-bond acceptors (Lipinski definition) is 6. The molecular formula is C21H36N4O3. The van der Waals surface area contributed by atoms with Gasteiger partial charge in [-0.2, -0.15) is 5.21 Å². The van der Waals surface area contributed by atoms with Crippen LogP contribution in [0.4, 0.5) is 0 Å². The van der Waals surface area contributed by atoms with E-state index in [1.807, 2.05) is 0 Å². The van der Waals surface area contributed by atoms with Crippen molar-refractivity contribution in [3.8, 4) is 0 Å². The first-order valence-corrected chi connectivity index (χ1v) is 10.7. The standard InChI is InChI=1S/C21H36N4O3/c26-15-11-7-2-1-4-8-12-17-18(20(28)16-19(17)27)13-9-5-3-6-10-14-21-22-24-25-23-21/h5,8-9,12,17-20,26-28H,1-4,6-7,10-11,13-16H2,(H,22,23,24,25)/b9-5-,12-8?/t17-,18-,19-,20+/m0/s1. The number of unbranched alkanes of at least 4 members (excludes halogenated alkanes) is 6. The first-order valence-electron chi connectivity index (χ1n) is 10.7. The van der Waals surface area contributed by atoms with Crippen molar-refractivity contribution in [1.82, 2.24) is 20.6 Å². The van der Waals surface area contributed by atoms with Gasteiger partial charge in [0.1, 0.15) is 0 Å². The van der Waals surface area contributed by atoms with E-state index in [0.29, 0.717) is 6.42 Å². The van der Waals surface area contributed by atoms with Gasteiger partial charge in [0.05, 0.1) is 12.2 Å². The van der Waals surface area contributed by atoms with Crippen LogP contribution in [0.5, 0.6) is 0 Å². The first-order chi connectivity index (χ1) is 13.7. The van der Waals surface area contributed by atoms with Crippen molar-refractivity contribution in [3.05, 3.63) is 30.1 Å². The molecule has 0 spiro atoms. The molecule has 0 aromatic carbocycles. The Hall–Kier alpha value is -1.57. The molecule has 0 bridgehead atoms. The number of aryl methyl sites for hydroxylation is 1. The fraction of sp³-hybridized carbons (Fsp3) is 0.762. The number of allylic oxidation sites excluding steroid dienone is 3. The Bertz CT molecular complexity index is 562. The Kier molecular flexibility index (Phi) is 11.0. The third kappa shape index (κ3) is 8.20. The van der Waals surface area contributed by atoms with E-state index in [0.717, 1.165) is 70.0 Å². The van der Waals surface area contributed by atoms with Crippen LogP contribution in [0.25, 0.3) is 0 Å². The second kappa shape index (κ2) is 13.6. The summed E-state index contributed by atoms with van der Waals surface area (Å²) in [7, 11) is 0. The average molecular weight is 393 g/mol. The van der Waals surface area contributed by atoms with Gasteiger partial charge < -0.3 is 15.3 Å². The number of aromatic amines is 1. The second-order valence-electron chi connectivity index (χ2n) is 7.75. The van der Waals surface area contributed by atoms with Crippen molar-refractivity contribution < 1.29 is 15.3 Å². The number of aliphatic hydroxyl groups excluding tert-OH is 3. The number of rotatable bonds is 14. The topological polar surface area (TPSA) is 115 Å². The summed E-state index contributed by atoms with van der Waals surface area (Å²) in [5, 5.41) is 43.3. The predicted octanol–water partition coefficient (Wildman–Crippen LogP) is 2.72. The van der Waals surface area contributed by atoms with Gasteiger partial charge in [0.25, 0.3) is 0 Å². The molecule has 1 aliphatic rings. The van der Waals surface area contributed by atoms with E-state index in [9.17, 15) is 10.2 Å². The number of nitrogens with zero attached hydrogens (tertiary/aromatic N) is 3. The lowest BCUT2D eigenvalue weighted by Gasteiger charge is -2.19. The summed E-state index contributed by atoms with van der Waals surface area (Å²) in [6.07, 6.45) is 18.1. The Balaban J connectivity index is 1.64. The van der Waals surface area contributed by atoms with E-state index in [1.165, 1.54) is 0 Å². The Morgan fingerprint density at radius 3 is 2.50 bits per heavy atom. The largest absolute Gasteiger partial charge is 0.396 e. The molecule has 1 heterocycles. The highest BCUT2D eigenvalue weighted by atomic mass is 16.3. The molecule has 1 aromatic rings. The minimum absolute atomic E-state index is 0.0373. The van der Waals surface area contributed by atoms with E-state index >= 15 is 0 Å². The van der Waals surface area contributed by atoms with Crippen LogP contribution in [0.15, 0.2) is 24.3 Å². The fourth-order valence-electron chi connectivity index (χ4n) is 3.89. The molecule has 28 heavy (non-hydrogen) atoms. The number of aromatic nitrogens is 4. The molecule has 7 nitrogen and oxygen atoms in total. The van der Waals surface area contributed by atoms with E-state index < -0.39 is 12.2 Å². The highest BCUT2D eigenvalue weighted by Gasteiger charge is 2.39. The number of hydrogen-bond donors (Lipinski definition) is 4. The van der Waals surface area contributed by atoms with Crippen LogP contribution in [0.2, 0.25) is 0 Å². The Morgan fingerprint density at radius 1 is 0.929 bits per heavy atom. The molecule has 2 rings (SSSR count). The summed E-state index contributed by atoms with van der Waals surface area (Å²) in [5.74, 6) is 0.890. The highest BCUT2D eigenvalue weighted by Crippen LogP contribution is 2.36. The molecule has 1 fully saturated rings. The van der Waals surface area contributed by atoms with Crippen molar-refractivity contribution >= 4 is 0 Å². The molecular weight excluding hydrogens is 356 g/mol. The summed E-state index contributed by atoms with van der Waals surface area (Å²) < 4.78 is 0. The van der Waals surface area contributed by atoms with Crippen LogP contribution < -0.4 is 0 Å². The molecule has 0 radical (unpaired) electrons. The maximum atomic E-state index is 10.3. The molecule has 1 aromatic heterocycles. The summed E-state index contributed by atoms with van der Waals surface area (Å²) in [4.78, 5) is 0. The molecule has 1 saturated carbocycles. The monoisotopic (exact) mass is 392 g/mol. The minimum atomic E-state index is -0.450. The Morgan fingerprint density at radius 2 is 1.71 bits per heavy atom. The quantitative estimate of drug-likeness (QED) is 0.286. The summed E-state index contributed by atoms with van der Waals surface area (Å²) in [6, 6.07) is 0. The van der Waals surface area contributed by atoms with Crippen LogP contribution in [0.3, 0.4) is 0 Å². The van der Waals surface area contributed by atoms with Gasteiger partial charge in [-0.3, -0.25) is 0 Å². The summed E-state index contributed by atoms with van der Waals surface area (Å²) in [5.41, 5.74) is 0. The third-order valence-electron chi connectivity index (χ3n) is 5.54. The maximum absolute atomic E-state index is 10.3. The Labute approximate surface area is 168 Å². The molecule has 1 aliphatic carbocycles. The number of nitrogens with one attached hydrogen (secondary N) is 1. The normalized spacial score (nSPS) is 25.4. The van der Waals surface area contributed by atoms with Crippen LogP contribution in [0, 0.1) is 11.8 Å². The van der Waals surface area contributed by atoms with Crippen molar-refractivity contribution in [2.24, 2.45) is 11.8 Å². The SMILES string of the molecule is OCCCCCCC=C[C@H]1[C@H](C/C=C\CCCCc2nn[nH]n2)[C@H](O)C[C@@H]1O. The van der Waals surface area contributed by atoms with E-state index in [2.05, 4.69) is 44.9 Å². The van der Waals surface area contributed by atoms with Gasteiger partial charge in [-0.1, -0.05) is 42.4 Å². The van der Waals surface area contributed by atoms with Crippen molar-refractivity contribution in [3.63, 3.8) is 0 Å². The summed E-state index contributed by atoms with van der Waals surface area (Å²) in [6.45, 7) is 0.274. The predicted molar refractivity (Wildman–Crippen MR) is 108 cm³/mol. The molecule has 4 N–H and O–H groups in total. The van der Waals surface area contributed by atoms with Gasteiger partial charge in [0, 0.05) is 25.4 Å². The molecule has 0 aliphatic heterocycles. The first kappa shape index (κ1) is 22.7. The zero-order chi connectivity index (χ0) is 20.0. The molecule has 0 amide bonds. The van der Waals surface area contributed by atoms with Gasteiger partial charge in [-0.15, -0.1) is 10.2 Å². The van der Waals surface area contributed by atoms with Gasteiger partial charge in [0.15, 0.2) is 5.82 Å². The number of aliphatic hydroxyl groups is 3. The lowest BCUT2D eigenvalue weighted by atomic mass is 9.89. The number of H-pyrrole nitrogens is 1. The molecule has 0 unspecified atom stereocenters. The molecule has 0 saturated heterocycles. The minimum Gasteiger partial charge on any atom is -0.396 e. The van der Waals surface area contributed by atoms with Crippen LogP contribution >= 0.6 is 0 Å². The van der Waals surface area contributed by atoms with E-state index in [1.54, 1.807) is 0 Å². The fourth-order valence-corrected chi connectivity index (χ4v) is 3.89. The van der Waals surface area contributed by atoms with Crippen LogP contribution in [-0.4, -0.2) is 54.8 Å². The molecule has 158 valence electrons. The van der Waals surface area contributed by atoms with Gasteiger partial charge >= 0.3 is 0 Å². The zero-order valence-corrected chi connectivity index (χ0v) is 16.8. The smallest absolute Gasteiger partial charge is 0.174 e. The maximum Gasteiger partial charge on any atom is 0.174 e. The van der Waals surface area contributed by atoms with Crippen LogP contribution in [-0.2, 0) is 6.42 Å². The van der Waals surface area contributed by atoms with Crippen molar-refractivity contribution in [2.75, 3.05) is 6.61 Å². The number of tetrazole rings is 1. The van der Waals surface area contributed by atoms with Gasteiger partial charge in [0.2, 0.25) is 0 Å². The average Bonchev–Trinajstić information content (AvgIpc) is 3.29. The highest BCUT2D eigenvalue weighted by molar-refractivity contribution is 5.04. The van der Waals surface area contributed by atoms with Crippen LogP contribution in [0.1, 0.15) is 70.0 Å². The van der Waals surface area contributed by atoms with Crippen molar-refractivity contribution in [2.45, 2.75) is 82.8 Å². The van der Waals surface area contributed by atoms with Gasteiger partial charge in [-0.05, 0) is 50.9 Å². The van der Waals surface area contributed by atoms with Crippen molar-refractivity contribution in [1.29, 1.82) is 0 Å². The second-order valence-corrected chi connectivity index (χ2v) is 7.75. The zero-order valence-electron chi connectivity index (χ0n) is 16.8. The van der Waals surface area contributed by atoms with E-state index in [4.69, 9.17) is 5.11 Å². The lowest BCUT2D eigenvalue weighted by molar-refractivity contribution is 0.120.